The molecule has 3 rings (SSSR count). The van der Waals surface area contributed by atoms with Crippen molar-refractivity contribution < 1.29 is 0 Å². The number of rotatable bonds is 2. The van der Waals surface area contributed by atoms with Crippen LogP contribution in [0.5, 0.6) is 0 Å². The van der Waals surface area contributed by atoms with Gasteiger partial charge in [0.1, 0.15) is 12.0 Å². The summed E-state index contributed by atoms with van der Waals surface area (Å²) >= 11 is 0. The monoisotopic (exact) mass is 255 g/mol. The summed E-state index contributed by atoms with van der Waals surface area (Å²) in [6.45, 7) is 5.55. The second-order valence-electron chi connectivity index (χ2n) is 4.78. The molecule has 0 atom stereocenters. The van der Waals surface area contributed by atoms with E-state index < -0.39 is 0 Å². The molecule has 0 amide bonds. The number of hydrogen-bond donors (Lipinski definition) is 2. The fourth-order valence-corrected chi connectivity index (χ4v) is 2.37. The minimum Gasteiger partial charge on any atom is -0.350 e. The smallest absolute Gasteiger partial charge is 0.160 e. The Kier molecular flexibility index (Phi) is 2.83. The van der Waals surface area contributed by atoms with E-state index in [1.165, 1.54) is 11.1 Å². The second kappa shape index (κ2) is 4.51. The van der Waals surface area contributed by atoms with E-state index in [9.17, 15) is 0 Å². The number of hydrogen-bond acceptors (Lipinski definition) is 5. The molecule has 1 aromatic carbocycles. The van der Waals surface area contributed by atoms with Crippen LogP contribution in [0.25, 0.3) is 0 Å². The van der Waals surface area contributed by atoms with Crippen molar-refractivity contribution in [1.29, 1.82) is 0 Å². The van der Waals surface area contributed by atoms with Crippen LogP contribution in [-0.2, 0) is 0 Å². The van der Waals surface area contributed by atoms with Gasteiger partial charge in [-0.05, 0) is 37.1 Å². The summed E-state index contributed by atoms with van der Waals surface area (Å²) in [4.78, 5) is 10.6. The Labute approximate surface area is 112 Å². The van der Waals surface area contributed by atoms with Crippen molar-refractivity contribution in [3.63, 3.8) is 0 Å². The summed E-state index contributed by atoms with van der Waals surface area (Å²) < 4.78 is 0. The Balaban J connectivity index is 2.17. The number of nitrogens with two attached hydrogens (primary N) is 1. The molecule has 0 radical (unpaired) electrons. The molecule has 2 aromatic rings. The number of nitrogens with one attached hydrogen (secondary N) is 1. The number of aryl methyl sites for hydroxylation is 2. The highest BCUT2D eigenvalue weighted by atomic mass is 15.3. The minimum atomic E-state index is 0.579. The topological polar surface area (TPSA) is 67.1 Å². The van der Waals surface area contributed by atoms with E-state index in [1.54, 1.807) is 12.5 Å². The van der Waals surface area contributed by atoms with Gasteiger partial charge in [0.05, 0.1) is 17.6 Å². The molecule has 98 valence electrons. The maximum Gasteiger partial charge on any atom is 0.160 e. The lowest BCUT2D eigenvalue weighted by Crippen LogP contribution is -2.29. The van der Waals surface area contributed by atoms with Gasteiger partial charge >= 0.3 is 0 Å². The van der Waals surface area contributed by atoms with Gasteiger partial charge in [0, 0.05) is 13.1 Å². The Morgan fingerprint density at radius 3 is 2.79 bits per heavy atom. The zero-order valence-electron chi connectivity index (χ0n) is 11.1. The lowest BCUT2D eigenvalue weighted by atomic mass is 10.0. The summed E-state index contributed by atoms with van der Waals surface area (Å²) in [7, 11) is 0. The molecular formula is C14H17N5. The van der Waals surface area contributed by atoms with Crippen molar-refractivity contribution >= 4 is 22.9 Å². The second-order valence-corrected chi connectivity index (χ2v) is 4.78. The lowest BCUT2D eigenvalue weighted by molar-refractivity contribution is 0.895. The van der Waals surface area contributed by atoms with Gasteiger partial charge in [0.25, 0.3) is 0 Å². The number of aromatic nitrogens is 2. The molecule has 0 aliphatic carbocycles. The third kappa shape index (κ3) is 1.92. The Morgan fingerprint density at radius 2 is 2.00 bits per heavy atom. The zero-order chi connectivity index (χ0) is 13.4. The van der Waals surface area contributed by atoms with Crippen LogP contribution in [0, 0.1) is 13.8 Å². The fraction of sp³-hybridized carbons (Fsp3) is 0.286. The average Bonchev–Trinajstić information content (AvgIpc) is 2.41. The van der Waals surface area contributed by atoms with Crippen molar-refractivity contribution in [2.24, 2.45) is 5.73 Å². The first kappa shape index (κ1) is 11.9. The van der Waals surface area contributed by atoms with E-state index in [0.717, 1.165) is 29.4 Å². The molecule has 0 spiro atoms. The summed E-state index contributed by atoms with van der Waals surface area (Å²) in [5, 5.41) is 3.39. The summed E-state index contributed by atoms with van der Waals surface area (Å²) in [5.41, 5.74) is 11.4. The van der Waals surface area contributed by atoms with Gasteiger partial charge in [0.2, 0.25) is 0 Å². The first-order valence-electron chi connectivity index (χ1n) is 6.36. The quantitative estimate of drug-likeness (QED) is 0.861. The molecule has 0 fully saturated rings. The molecule has 1 aromatic heterocycles. The van der Waals surface area contributed by atoms with E-state index in [0.29, 0.717) is 6.54 Å². The van der Waals surface area contributed by atoms with Gasteiger partial charge in [-0.3, -0.25) is 0 Å². The normalized spacial score (nSPS) is 12.7. The SMILES string of the molecule is Cc1cc2c(cc1C)N(CCN)c1ncncc1N2. The molecule has 1 aliphatic rings. The van der Waals surface area contributed by atoms with Gasteiger partial charge in [-0.15, -0.1) is 0 Å². The molecule has 3 N–H and O–H groups in total. The number of anilines is 4. The number of fused-ring (bicyclic) bond motifs is 2. The fourth-order valence-electron chi connectivity index (χ4n) is 2.37. The minimum absolute atomic E-state index is 0.579. The van der Waals surface area contributed by atoms with Crippen LogP contribution >= 0.6 is 0 Å². The van der Waals surface area contributed by atoms with Crippen LogP contribution in [0.15, 0.2) is 24.7 Å². The Morgan fingerprint density at radius 1 is 1.21 bits per heavy atom. The van der Waals surface area contributed by atoms with Gasteiger partial charge in [-0.25, -0.2) is 9.97 Å². The zero-order valence-corrected chi connectivity index (χ0v) is 11.1. The van der Waals surface area contributed by atoms with Crippen molar-refractivity contribution in [2.45, 2.75) is 13.8 Å². The van der Waals surface area contributed by atoms with Gasteiger partial charge < -0.3 is 16.0 Å². The van der Waals surface area contributed by atoms with Crippen LogP contribution in [0.1, 0.15) is 11.1 Å². The largest absolute Gasteiger partial charge is 0.350 e. The molecule has 19 heavy (non-hydrogen) atoms. The summed E-state index contributed by atoms with van der Waals surface area (Å²) in [5.74, 6) is 0.885. The first-order chi connectivity index (χ1) is 9.20. The van der Waals surface area contributed by atoms with Crippen LogP contribution in [0.4, 0.5) is 22.9 Å². The van der Waals surface area contributed by atoms with E-state index in [-0.39, 0.29) is 0 Å². The third-order valence-electron chi connectivity index (χ3n) is 3.47. The van der Waals surface area contributed by atoms with E-state index in [4.69, 9.17) is 5.73 Å². The predicted molar refractivity (Wildman–Crippen MR) is 77.3 cm³/mol. The maximum absolute atomic E-state index is 5.74. The molecule has 5 nitrogen and oxygen atoms in total. The van der Waals surface area contributed by atoms with Crippen LogP contribution in [-0.4, -0.2) is 23.1 Å². The van der Waals surface area contributed by atoms with E-state index in [1.807, 2.05) is 0 Å². The molecule has 1 aliphatic heterocycles. The van der Waals surface area contributed by atoms with E-state index in [2.05, 4.69) is 46.2 Å². The van der Waals surface area contributed by atoms with Crippen molar-refractivity contribution in [3.05, 3.63) is 35.8 Å². The van der Waals surface area contributed by atoms with Gasteiger partial charge in [0.15, 0.2) is 5.82 Å². The standard InChI is InChI=1S/C14H17N5/c1-9-5-11-13(6-10(9)2)19(4-3-15)14-12(18-11)7-16-8-17-14/h5-8,18H,3-4,15H2,1-2H3. The predicted octanol–water partition coefficient (Wildman–Crippen LogP) is 2.25. The molecule has 0 bridgehead atoms. The van der Waals surface area contributed by atoms with Gasteiger partial charge in [-0.2, -0.15) is 0 Å². The molecule has 5 heteroatoms. The highest BCUT2D eigenvalue weighted by Gasteiger charge is 2.23. The lowest BCUT2D eigenvalue weighted by Gasteiger charge is -2.32. The van der Waals surface area contributed by atoms with Crippen LogP contribution in [0.2, 0.25) is 0 Å². The maximum atomic E-state index is 5.74. The van der Waals surface area contributed by atoms with Gasteiger partial charge in [-0.1, -0.05) is 0 Å². The first-order valence-corrected chi connectivity index (χ1v) is 6.36. The highest BCUT2D eigenvalue weighted by molar-refractivity contribution is 5.90. The molecule has 0 saturated carbocycles. The van der Waals surface area contributed by atoms with Crippen LogP contribution in [0.3, 0.4) is 0 Å². The average molecular weight is 255 g/mol. The van der Waals surface area contributed by atoms with Crippen molar-refractivity contribution in [2.75, 3.05) is 23.3 Å². The van der Waals surface area contributed by atoms with Crippen molar-refractivity contribution in [3.8, 4) is 0 Å². The molecular weight excluding hydrogens is 238 g/mol. The summed E-state index contributed by atoms with van der Waals surface area (Å²) in [6.07, 6.45) is 3.36. The Bertz CT molecular complexity index is 623. The molecule has 2 heterocycles. The molecule has 0 unspecified atom stereocenters. The molecule has 0 saturated heterocycles. The number of nitrogens with zero attached hydrogens (tertiary/aromatic N) is 3. The van der Waals surface area contributed by atoms with Crippen molar-refractivity contribution in [1.82, 2.24) is 9.97 Å². The third-order valence-corrected chi connectivity index (χ3v) is 3.47. The van der Waals surface area contributed by atoms with E-state index >= 15 is 0 Å². The Hall–Kier alpha value is -2.14. The summed E-state index contributed by atoms with van der Waals surface area (Å²) in [6, 6.07) is 4.34. The number of benzene rings is 1. The highest BCUT2D eigenvalue weighted by Crippen LogP contribution is 2.42. The van der Waals surface area contributed by atoms with Crippen LogP contribution < -0.4 is 16.0 Å².